The molecule has 5 nitrogen and oxygen atoms in total. The fraction of sp³-hybridized carbons (Fsp3) is 0.400. The van der Waals surface area contributed by atoms with E-state index in [2.05, 4.69) is 14.3 Å². The normalized spacial score (nSPS) is 11.1. The molecule has 0 bridgehead atoms. The Balaban J connectivity index is 2.18. The van der Waals surface area contributed by atoms with E-state index in [1.807, 2.05) is 13.8 Å². The van der Waals surface area contributed by atoms with Gasteiger partial charge in [0.2, 0.25) is 0 Å². The molecule has 0 aromatic carbocycles. The van der Waals surface area contributed by atoms with Crippen molar-refractivity contribution < 1.29 is 9.90 Å². The van der Waals surface area contributed by atoms with Crippen molar-refractivity contribution >= 4 is 40.6 Å². The van der Waals surface area contributed by atoms with E-state index in [-0.39, 0.29) is 4.88 Å². The molecule has 0 spiro atoms. The summed E-state index contributed by atoms with van der Waals surface area (Å²) in [5.74, 6) is 0.175. The zero-order valence-corrected chi connectivity index (χ0v) is 12.4. The van der Waals surface area contributed by atoms with Gasteiger partial charge in [0.15, 0.2) is 8.68 Å². The minimum absolute atomic E-state index is 0.283. The summed E-state index contributed by atoms with van der Waals surface area (Å²) in [6.45, 7) is 5.77. The van der Waals surface area contributed by atoms with E-state index in [0.29, 0.717) is 16.0 Å². The van der Waals surface area contributed by atoms with Crippen molar-refractivity contribution in [2.24, 2.45) is 0 Å². The van der Waals surface area contributed by atoms with Gasteiger partial charge in [-0.2, -0.15) is 4.37 Å². The number of carboxylic acid groups (broad SMARTS) is 1. The highest BCUT2D eigenvalue weighted by molar-refractivity contribution is 8.02. The number of hydrogen-bond acceptors (Lipinski definition) is 7. The van der Waals surface area contributed by atoms with Crippen molar-refractivity contribution in [1.29, 1.82) is 0 Å². The number of nitrogens with zero attached hydrogens (tertiary/aromatic N) is 3. The molecule has 0 aliphatic carbocycles. The zero-order valence-electron chi connectivity index (χ0n) is 10.00. The molecular formula is C10H11N3O2S3. The number of aromatic carboxylic acids is 1. The number of thiazole rings is 1. The number of aromatic nitrogens is 3. The topological polar surface area (TPSA) is 76.0 Å². The molecule has 1 N–H and O–H groups in total. The molecule has 0 amide bonds. The summed E-state index contributed by atoms with van der Waals surface area (Å²) in [7, 11) is 0. The summed E-state index contributed by atoms with van der Waals surface area (Å²) in [5.41, 5.74) is 0.545. The Hall–Kier alpha value is -0.990. The average Bonchev–Trinajstić information content (AvgIpc) is 2.86. The maximum atomic E-state index is 10.9. The number of aryl methyl sites for hydroxylation is 1. The van der Waals surface area contributed by atoms with Gasteiger partial charge in [0.25, 0.3) is 0 Å². The van der Waals surface area contributed by atoms with Gasteiger partial charge in [-0.05, 0) is 30.2 Å². The van der Waals surface area contributed by atoms with Crippen LogP contribution in [0.25, 0.3) is 0 Å². The molecule has 2 aromatic rings. The van der Waals surface area contributed by atoms with Gasteiger partial charge < -0.3 is 5.11 Å². The Bertz CT molecular complexity index is 577. The van der Waals surface area contributed by atoms with Crippen molar-refractivity contribution in [3.8, 4) is 0 Å². The fourth-order valence-corrected chi connectivity index (χ4v) is 4.16. The molecule has 0 unspecified atom stereocenters. The lowest BCUT2D eigenvalue weighted by Crippen LogP contribution is -1.94. The SMILES string of the molecule is Cc1nc(Sc2nc(C(C)C)ns2)sc1C(=O)O. The van der Waals surface area contributed by atoms with Crippen LogP contribution in [0.1, 0.15) is 41.0 Å². The number of carbonyl (C=O) groups is 1. The van der Waals surface area contributed by atoms with Crippen molar-refractivity contribution in [3.63, 3.8) is 0 Å². The molecule has 0 saturated carbocycles. The molecule has 0 atom stereocenters. The Morgan fingerprint density at radius 2 is 2.06 bits per heavy atom. The van der Waals surface area contributed by atoms with Gasteiger partial charge in [-0.25, -0.2) is 14.8 Å². The van der Waals surface area contributed by atoms with E-state index < -0.39 is 5.97 Å². The van der Waals surface area contributed by atoms with E-state index in [9.17, 15) is 4.79 Å². The monoisotopic (exact) mass is 301 g/mol. The minimum atomic E-state index is -0.933. The van der Waals surface area contributed by atoms with Crippen LogP contribution < -0.4 is 0 Å². The summed E-state index contributed by atoms with van der Waals surface area (Å²) in [5, 5.41) is 8.96. The molecular weight excluding hydrogens is 290 g/mol. The van der Waals surface area contributed by atoms with E-state index in [4.69, 9.17) is 5.11 Å². The van der Waals surface area contributed by atoms with Gasteiger partial charge in [0.05, 0.1) is 5.69 Å². The van der Waals surface area contributed by atoms with Gasteiger partial charge in [-0.15, -0.1) is 0 Å². The van der Waals surface area contributed by atoms with Gasteiger partial charge >= 0.3 is 5.97 Å². The molecule has 0 fully saturated rings. The van der Waals surface area contributed by atoms with E-state index in [1.54, 1.807) is 6.92 Å². The van der Waals surface area contributed by atoms with Gasteiger partial charge in [0.1, 0.15) is 10.7 Å². The lowest BCUT2D eigenvalue weighted by Gasteiger charge is -1.94. The molecule has 2 heterocycles. The first kappa shape index (κ1) is 13.4. The van der Waals surface area contributed by atoms with Crippen molar-refractivity contribution in [3.05, 3.63) is 16.4 Å². The lowest BCUT2D eigenvalue weighted by atomic mass is 10.2. The van der Waals surface area contributed by atoms with Crippen molar-refractivity contribution in [2.45, 2.75) is 35.4 Å². The highest BCUT2D eigenvalue weighted by Gasteiger charge is 2.16. The summed E-state index contributed by atoms with van der Waals surface area (Å²) in [6, 6.07) is 0. The fourth-order valence-electron chi connectivity index (χ4n) is 1.18. The van der Waals surface area contributed by atoms with Crippen LogP contribution >= 0.6 is 34.6 Å². The van der Waals surface area contributed by atoms with Crippen LogP contribution in [0.5, 0.6) is 0 Å². The number of hydrogen-bond donors (Lipinski definition) is 1. The molecule has 2 rings (SSSR count). The first-order valence-corrected chi connectivity index (χ1v) is 7.60. The molecule has 18 heavy (non-hydrogen) atoms. The summed E-state index contributed by atoms with van der Waals surface area (Å²) in [4.78, 5) is 19.8. The number of rotatable bonds is 4. The largest absolute Gasteiger partial charge is 0.477 e. The van der Waals surface area contributed by atoms with E-state index in [0.717, 1.165) is 10.2 Å². The molecule has 0 aliphatic rings. The third kappa shape index (κ3) is 2.88. The first-order valence-electron chi connectivity index (χ1n) is 5.19. The van der Waals surface area contributed by atoms with Crippen LogP contribution in [0, 0.1) is 6.92 Å². The van der Waals surface area contributed by atoms with Crippen LogP contribution in [0.2, 0.25) is 0 Å². The predicted octanol–water partition coefficient (Wildman–Crippen LogP) is 3.28. The van der Waals surface area contributed by atoms with Gasteiger partial charge in [-0.3, -0.25) is 0 Å². The molecule has 8 heteroatoms. The second-order valence-corrected chi connectivity index (χ2v) is 7.12. The van der Waals surface area contributed by atoms with Crippen LogP contribution in [-0.4, -0.2) is 25.4 Å². The Morgan fingerprint density at radius 1 is 1.33 bits per heavy atom. The molecule has 0 radical (unpaired) electrons. The van der Waals surface area contributed by atoms with E-state index in [1.165, 1.54) is 34.6 Å². The standard InChI is InChI=1S/C10H11N3O2S3/c1-4(2)7-12-10(18-13-7)17-9-11-5(3)6(16-9)8(14)15/h4H,1-3H3,(H,14,15). The van der Waals surface area contributed by atoms with E-state index >= 15 is 0 Å². The van der Waals surface area contributed by atoms with Crippen LogP contribution in [-0.2, 0) is 0 Å². The number of carboxylic acids is 1. The van der Waals surface area contributed by atoms with Crippen LogP contribution in [0.15, 0.2) is 8.68 Å². The second kappa shape index (κ2) is 5.33. The maximum absolute atomic E-state index is 10.9. The molecule has 96 valence electrons. The van der Waals surface area contributed by atoms with Gasteiger partial charge in [0, 0.05) is 5.92 Å². The lowest BCUT2D eigenvalue weighted by molar-refractivity contribution is 0.0701. The Kier molecular flexibility index (Phi) is 3.98. The zero-order chi connectivity index (χ0) is 13.3. The molecule has 0 saturated heterocycles. The highest BCUT2D eigenvalue weighted by atomic mass is 32.2. The van der Waals surface area contributed by atoms with Crippen LogP contribution in [0.3, 0.4) is 0 Å². The molecule has 0 aliphatic heterocycles. The quantitative estimate of drug-likeness (QED) is 0.934. The summed E-state index contributed by atoms with van der Waals surface area (Å²) in [6.07, 6.45) is 0. The summed E-state index contributed by atoms with van der Waals surface area (Å²) >= 11 is 3.86. The Labute approximate surface area is 116 Å². The highest BCUT2D eigenvalue weighted by Crippen LogP contribution is 2.34. The van der Waals surface area contributed by atoms with Gasteiger partial charge in [-0.1, -0.05) is 25.2 Å². The minimum Gasteiger partial charge on any atom is -0.477 e. The van der Waals surface area contributed by atoms with Crippen molar-refractivity contribution in [1.82, 2.24) is 14.3 Å². The van der Waals surface area contributed by atoms with Crippen LogP contribution in [0.4, 0.5) is 0 Å². The summed E-state index contributed by atoms with van der Waals surface area (Å²) < 4.78 is 5.73. The molecule has 2 aromatic heterocycles. The third-order valence-corrected chi connectivity index (χ3v) is 5.06. The average molecular weight is 301 g/mol. The van der Waals surface area contributed by atoms with Crippen molar-refractivity contribution in [2.75, 3.05) is 0 Å². The Morgan fingerprint density at radius 3 is 2.56 bits per heavy atom. The second-order valence-electron chi connectivity index (χ2n) is 3.87. The predicted molar refractivity (Wildman–Crippen MR) is 71.9 cm³/mol. The third-order valence-electron chi connectivity index (χ3n) is 2.09. The first-order chi connectivity index (χ1) is 8.47. The smallest absolute Gasteiger partial charge is 0.347 e. The maximum Gasteiger partial charge on any atom is 0.347 e.